The fraction of sp³-hybridized carbons (Fsp3) is 0.317. The number of hydrogen-bond donors (Lipinski definition) is 0. The quantitative estimate of drug-likeness (QED) is 0.211. The zero-order valence-corrected chi connectivity index (χ0v) is 27.1. The molecular weight excluding hydrogens is 521 g/mol. The van der Waals surface area contributed by atoms with Gasteiger partial charge < -0.3 is 0 Å². The summed E-state index contributed by atoms with van der Waals surface area (Å²) < 4.78 is 0. The van der Waals surface area contributed by atoms with Crippen LogP contribution in [-0.2, 0) is 12.8 Å². The van der Waals surface area contributed by atoms with Crippen molar-refractivity contribution in [2.24, 2.45) is 0 Å². The molecule has 0 spiro atoms. The number of benzene rings is 4. The third-order valence-electron chi connectivity index (χ3n) is 11.0. The third kappa shape index (κ3) is 4.40. The second-order valence-electron chi connectivity index (χ2n) is 13.5. The van der Waals surface area contributed by atoms with Crippen LogP contribution >= 0.6 is 0 Å². The first-order valence-corrected chi connectivity index (χ1v) is 18.7. The minimum atomic E-state index is -1.96. The average molecular weight is 565 g/mol. The van der Waals surface area contributed by atoms with Crippen molar-refractivity contribution in [3.8, 4) is 22.3 Å². The molecule has 0 N–H and O–H groups in total. The van der Waals surface area contributed by atoms with Gasteiger partial charge in [-0.1, -0.05) is 134 Å². The van der Waals surface area contributed by atoms with Crippen molar-refractivity contribution >= 4 is 20.2 Å². The Morgan fingerprint density at radius 1 is 0.524 bits per heavy atom. The Balaban J connectivity index is 1.37. The van der Waals surface area contributed by atoms with Crippen molar-refractivity contribution in [1.82, 2.24) is 0 Å². The van der Waals surface area contributed by atoms with Crippen LogP contribution in [0.2, 0.25) is 12.1 Å². The highest BCUT2D eigenvalue weighted by Gasteiger charge is 2.46. The number of aryl methyl sites for hydroxylation is 4. The van der Waals surface area contributed by atoms with Gasteiger partial charge in [0.2, 0.25) is 0 Å². The maximum Gasteiger partial charge on any atom is 0.109 e. The van der Waals surface area contributed by atoms with Crippen LogP contribution in [-0.4, -0.2) is 8.07 Å². The molecule has 1 heteroatoms. The Hall–Kier alpha value is -3.42. The lowest BCUT2D eigenvalue weighted by Gasteiger charge is -2.41. The highest BCUT2D eigenvalue weighted by atomic mass is 28.3. The van der Waals surface area contributed by atoms with Crippen molar-refractivity contribution in [2.75, 3.05) is 0 Å². The lowest BCUT2D eigenvalue weighted by Crippen LogP contribution is -2.43. The van der Waals surface area contributed by atoms with Gasteiger partial charge in [-0.25, -0.2) is 0 Å². The SMILES string of the molecule is Cc1cccc(C)c1-c1cccc2c1C=C([Si](C)(C1=Cc3c(cccc3-c3c(C)cccc3C)C1)C1CCCCC1)C2. The van der Waals surface area contributed by atoms with E-state index in [9.17, 15) is 0 Å². The van der Waals surface area contributed by atoms with Gasteiger partial charge in [0.15, 0.2) is 0 Å². The number of hydrogen-bond acceptors (Lipinski definition) is 0. The Kier molecular flexibility index (Phi) is 6.98. The molecule has 1 saturated carbocycles. The molecule has 0 unspecified atom stereocenters. The molecule has 0 heterocycles. The van der Waals surface area contributed by atoms with Crippen LogP contribution in [0.3, 0.4) is 0 Å². The molecule has 0 saturated heterocycles. The Morgan fingerprint density at radius 3 is 1.36 bits per heavy atom. The van der Waals surface area contributed by atoms with Gasteiger partial charge in [-0.05, 0) is 113 Å². The van der Waals surface area contributed by atoms with Crippen LogP contribution in [0.5, 0.6) is 0 Å². The highest BCUT2D eigenvalue weighted by molar-refractivity contribution is 6.94. The van der Waals surface area contributed by atoms with Crippen molar-refractivity contribution in [3.63, 3.8) is 0 Å². The normalized spacial score (nSPS) is 16.7. The van der Waals surface area contributed by atoms with E-state index in [1.54, 1.807) is 10.4 Å². The summed E-state index contributed by atoms with van der Waals surface area (Å²) in [5.41, 5.74) is 18.1. The summed E-state index contributed by atoms with van der Waals surface area (Å²) in [5, 5.41) is 3.55. The van der Waals surface area contributed by atoms with E-state index in [0.717, 1.165) is 18.4 Å². The molecule has 7 rings (SSSR count). The average Bonchev–Trinajstić information content (AvgIpc) is 3.63. The monoisotopic (exact) mass is 564 g/mol. The number of allylic oxidation sites excluding steroid dienone is 2. The Morgan fingerprint density at radius 2 is 0.929 bits per heavy atom. The molecule has 1 fully saturated rings. The van der Waals surface area contributed by atoms with Crippen molar-refractivity contribution in [1.29, 1.82) is 0 Å². The van der Waals surface area contributed by atoms with Crippen LogP contribution in [0.25, 0.3) is 34.4 Å². The first kappa shape index (κ1) is 27.4. The van der Waals surface area contributed by atoms with Gasteiger partial charge in [-0.2, -0.15) is 0 Å². The van der Waals surface area contributed by atoms with E-state index in [1.807, 2.05) is 0 Å². The molecule has 4 aromatic carbocycles. The lowest BCUT2D eigenvalue weighted by atomic mass is 9.91. The Labute approximate surface area is 254 Å². The summed E-state index contributed by atoms with van der Waals surface area (Å²) in [6.45, 7) is 11.9. The van der Waals surface area contributed by atoms with Gasteiger partial charge in [0, 0.05) is 0 Å². The third-order valence-corrected chi connectivity index (χ3v) is 16.6. The summed E-state index contributed by atoms with van der Waals surface area (Å²) in [7, 11) is -1.96. The molecule has 0 amide bonds. The molecule has 212 valence electrons. The fourth-order valence-corrected chi connectivity index (χ4v) is 13.8. The largest absolute Gasteiger partial charge is 0.109 e. The van der Waals surface area contributed by atoms with Crippen molar-refractivity contribution < 1.29 is 0 Å². The summed E-state index contributed by atoms with van der Waals surface area (Å²) in [6, 6.07) is 27.6. The standard InChI is InChI=1S/C41H44Si/c1-27-13-9-14-28(2)40(27)36-21-11-17-31-23-34(25-38(31)36)42(5,33-19-7-6-8-20-33)35-24-32-18-12-22-37(39(32)26-35)41-29(3)15-10-16-30(41)4/h9-18,21-22,25-26,33H,6-8,19-20,23-24H2,1-5H3. The van der Waals surface area contributed by atoms with Crippen LogP contribution in [0.15, 0.2) is 83.2 Å². The molecule has 3 aliphatic carbocycles. The second-order valence-corrected chi connectivity index (χ2v) is 18.0. The number of fused-ring (bicyclic) bond motifs is 2. The topological polar surface area (TPSA) is 0 Å². The lowest BCUT2D eigenvalue weighted by molar-refractivity contribution is 0.493. The molecular formula is C41H44Si. The summed E-state index contributed by atoms with van der Waals surface area (Å²) in [6.07, 6.45) is 14.6. The summed E-state index contributed by atoms with van der Waals surface area (Å²) in [4.78, 5) is 0. The van der Waals surface area contributed by atoms with Crippen LogP contribution in [0.1, 0.15) is 76.6 Å². The molecule has 0 nitrogen and oxygen atoms in total. The van der Waals surface area contributed by atoms with Gasteiger partial charge in [0.25, 0.3) is 0 Å². The zero-order valence-electron chi connectivity index (χ0n) is 26.1. The van der Waals surface area contributed by atoms with E-state index in [2.05, 4.69) is 119 Å². The van der Waals surface area contributed by atoms with Gasteiger partial charge in [0.05, 0.1) is 0 Å². The van der Waals surface area contributed by atoms with E-state index in [4.69, 9.17) is 0 Å². The van der Waals surface area contributed by atoms with Gasteiger partial charge in [-0.15, -0.1) is 0 Å². The molecule has 0 atom stereocenters. The maximum atomic E-state index is 2.76. The summed E-state index contributed by atoms with van der Waals surface area (Å²) >= 11 is 0. The molecule has 0 radical (unpaired) electrons. The molecule has 42 heavy (non-hydrogen) atoms. The Bertz CT molecular complexity index is 1600. The molecule has 0 aromatic heterocycles. The van der Waals surface area contributed by atoms with Crippen LogP contribution in [0.4, 0.5) is 0 Å². The van der Waals surface area contributed by atoms with Crippen LogP contribution in [0, 0.1) is 27.7 Å². The fourth-order valence-electron chi connectivity index (χ4n) is 8.73. The first-order chi connectivity index (χ1) is 20.4. The van der Waals surface area contributed by atoms with E-state index < -0.39 is 8.07 Å². The van der Waals surface area contributed by atoms with Gasteiger partial charge in [-0.3, -0.25) is 0 Å². The molecule has 4 aromatic rings. The zero-order chi connectivity index (χ0) is 29.0. The maximum absolute atomic E-state index is 2.76. The second kappa shape index (κ2) is 10.7. The molecule has 3 aliphatic rings. The van der Waals surface area contributed by atoms with Crippen LogP contribution < -0.4 is 0 Å². The first-order valence-electron chi connectivity index (χ1n) is 16.2. The van der Waals surface area contributed by atoms with E-state index in [-0.39, 0.29) is 0 Å². The van der Waals surface area contributed by atoms with E-state index in [1.165, 1.54) is 98.9 Å². The molecule has 0 aliphatic heterocycles. The van der Waals surface area contributed by atoms with Crippen molar-refractivity contribution in [3.05, 3.63) is 128 Å². The minimum Gasteiger partial charge on any atom is -0.0709 e. The van der Waals surface area contributed by atoms with E-state index in [0.29, 0.717) is 0 Å². The minimum absolute atomic E-state index is 0.833. The summed E-state index contributed by atoms with van der Waals surface area (Å²) in [5.74, 6) is 0. The predicted octanol–water partition coefficient (Wildman–Crippen LogP) is 11.3. The smallest absolute Gasteiger partial charge is 0.0709 e. The molecule has 0 bridgehead atoms. The predicted molar refractivity (Wildman–Crippen MR) is 185 cm³/mol. The highest BCUT2D eigenvalue weighted by Crippen LogP contribution is 2.52. The van der Waals surface area contributed by atoms with Crippen molar-refractivity contribution in [2.45, 2.75) is 84.7 Å². The van der Waals surface area contributed by atoms with Gasteiger partial charge >= 0.3 is 0 Å². The van der Waals surface area contributed by atoms with E-state index >= 15 is 0 Å². The van der Waals surface area contributed by atoms with Gasteiger partial charge in [0.1, 0.15) is 8.07 Å². The number of rotatable bonds is 5.